The van der Waals surface area contributed by atoms with Crippen molar-refractivity contribution in [1.82, 2.24) is 5.32 Å². The van der Waals surface area contributed by atoms with Crippen LogP contribution in [0.3, 0.4) is 0 Å². The maximum Gasteiger partial charge on any atom is 0.135 e. The summed E-state index contributed by atoms with van der Waals surface area (Å²) in [5.74, 6) is 0. The third kappa shape index (κ3) is 5.65. The first kappa shape index (κ1) is 13.9. The van der Waals surface area contributed by atoms with Crippen LogP contribution in [0.4, 0.5) is 10.1 Å². The van der Waals surface area contributed by atoms with E-state index in [1.165, 1.54) is 5.56 Å². The Kier molecular flexibility index (Phi) is 6.58. The molecule has 0 fully saturated rings. The molecule has 17 heavy (non-hydrogen) atoms. The maximum absolute atomic E-state index is 12.6. The zero-order valence-corrected chi connectivity index (χ0v) is 10.2. The molecule has 1 rings (SSSR count). The molecule has 1 aromatic rings. The van der Waals surface area contributed by atoms with Crippen LogP contribution in [0, 0.1) is 0 Å². The van der Waals surface area contributed by atoms with E-state index in [4.69, 9.17) is 5.11 Å². The lowest BCUT2D eigenvalue weighted by atomic mass is 10.1. The Morgan fingerprint density at radius 2 is 1.94 bits per heavy atom. The van der Waals surface area contributed by atoms with Crippen molar-refractivity contribution in [2.75, 3.05) is 31.6 Å². The number of benzene rings is 1. The predicted molar refractivity (Wildman–Crippen MR) is 69.2 cm³/mol. The van der Waals surface area contributed by atoms with E-state index in [-0.39, 0.29) is 6.54 Å². The molecule has 0 amide bonds. The SMILES string of the molecule is CCc1ccc(NCCNCC(F)CO)cc1. The molecule has 1 aromatic carbocycles. The third-order valence-corrected chi connectivity index (χ3v) is 2.56. The average Bonchev–Trinajstić information content (AvgIpc) is 2.38. The van der Waals surface area contributed by atoms with Gasteiger partial charge in [0.05, 0.1) is 6.61 Å². The standard InChI is InChI=1S/C13H21FN2O/c1-2-11-3-5-13(6-4-11)16-8-7-15-9-12(14)10-17/h3-6,12,15-17H,2,7-10H2,1H3. The van der Waals surface area contributed by atoms with Crippen molar-refractivity contribution >= 4 is 5.69 Å². The van der Waals surface area contributed by atoms with Crippen LogP contribution in [-0.2, 0) is 6.42 Å². The highest BCUT2D eigenvalue weighted by atomic mass is 19.1. The molecule has 0 bridgehead atoms. The molecular formula is C13H21FN2O. The molecule has 0 radical (unpaired) electrons. The normalized spacial score (nSPS) is 12.4. The molecule has 0 spiro atoms. The molecule has 0 saturated carbocycles. The largest absolute Gasteiger partial charge is 0.393 e. The number of aliphatic hydroxyl groups is 1. The van der Waals surface area contributed by atoms with Gasteiger partial charge in [-0.1, -0.05) is 19.1 Å². The smallest absolute Gasteiger partial charge is 0.135 e. The van der Waals surface area contributed by atoms with Gasteiger partial charge in [-0.3, -0.25) is 0 Å². The molecule has 96 valence electrons. The first-order chi connectivity index (χ1) is 8.26. The highest BCUT2D eigenvalue weighted by Gasteiger charge is 2.01. The van der Waals surface area contributed by atoms with Gasteiger partial charge in [0.25, 0.3) is 0 Å². The number of aliphatic hydroxyl groups excluding tert-OH is 1. The fourth-order valence-corrected chi connectivity index (χ4v) is 1.48. The Balaban J connectivity index is 2.13. The molecule has 0 saturated heterocycles. The Labute approximate surface area is 102 Å². The van der Waals surface area contributed by atoms with Gasteiger partial charge in [-0.25, -0.2) is 4.39 Å². The summed E-state index contributed by atoms with van der Waals surface area (Å²) >= 11 is 0. The summed E-state index contributed by atoms with van der Waals surface area (Å²) < 4.78 is 12.6. The van der Waals surface area contributed by atoms with Crippen LogP contribution >= 0.6 is 0 Å². The summed E-state index contributed by atoms with van der Waals surface area (Å²) in [5, 5.41) is 14.7. The van der Waals surface area contributed by atoms with E-state index >= 15 is 0 Å². The van der Waals surface area contributed by atoms with E-state index in [1.807, 2.05) is 12.1 Å². The van der Waals surface area contributed by atoms with Crippen molar-refractivity contribution in [3.8, 4) is 0 Å². The Hall–Kier alpha value is -1.13. The zero-order valence-electron chi connectivity index (χ0n) is 10.2. The number of hydrogen-bond donors (Lipinski definition) is 3. The van der Waals surface area contributed by atoms with Gasteiger partial charge in [-0.05, 0) is 24.1 Å². The number of nitrogens with one attached hydrogen (secondary N) is 2. The molecule has 0 aromatic heterocycles. The number of hydrogen-bond acceptors (Lipinski definition) is 3. The van der Waals surface area contributed by atoms with Crippen LogP contribution in [0.2, 0.25) is 0 Å². The van der Waals surface area contributed by atoms with Gasteiger partial charge in [-0.15, -0.1) is 0 Å². The van der Waals surface area contributed by atoms with E-state index < -0.39 is 12.8 Å². The molecule has 0 heterocycles. The highest BCUT2D eigenvalue weighted by Crippen LogP contribution is 2.09. The highest BCUT2D eigenvalue weighted by molar-refractivity contribution is 5.44. The van der Waals surface area contributed by atoms with Crippen LogP contribution in [0.5, 0.6) is 0 Å². The van der Waals surface area contributed by atoms with Gasteiger partial charge in [0, 0.05) is 25.3 Å². The number of aryl methyl sites for hydroxylation is 1. The first-order valence-corrected chi connectivity index (χ1v) is 6.04. The predicted octanol–water partition coefficient (Wildman–Crippen LogP) is 1.58. The van der Waals surface area contributed by atoms with E-state index in [0.29, 0.717) is 6.54 Å². The van der Waals surface area contributed by atoms with Gasteiger partial charge in [0.1, 0.15) is 6.17 Å². The van der Waals surface area contributed by atoms with E-state index in [0.717, 1.165) is 18.7 Å². The van der Waals surface area contributed by atoms with E-state index in [9.17, 15) is 4.39 Å². The summed E-state index contributed by atoms with van der Waals surface area (Å²) in [6.07, 6.45) is -0.125. The quantitative estimate of drug-likeness (QED) is 0.604. The summed E-state index contributed by atoms with van der Waals surface area (Å²) in [6, 6.07) is 8.28. The molecule has 0 aliphatic heterocycles. The van der Waals surface area contributed by atoms with Crippen molar-refractivity contribution in [2.45, 2.75) is 19.5 Å². The van der Waals surface area contributed by atoms with Gasteiger partial charge >= 0.3 is 0 Å². The minimum Gasteiger partial charge on any atom is -0.393 e. The molecular weight excluding hydrogens is 219 g/mol. The Morgan fingerprint density at radius 3 is 2.53 bits per heavy atom. The number of halogens is 1. The molecule has 1 unspecified atom stereocenters. The third-order valence-electron chi connectivity index (χ3n) is 2.56. The van der Waals surface area contributed by atoms with Crippen molar-refractivity contribution < 1.29 is 9.50 Å². The average molecular weight is 240 g/mol. The summed E-state index contributed by atoms with van der Waals surface area (Å²) in [6.45, 7) is 3.33. The number of anilines is 1. The lowest BCUT2D eigenvalue weighted by Gasteiger charge is -2.09. The summed E-state index contributed by atoms with van der Waals surface area (Å²) in [7, 11) is 0. The molecule has 1 atom stereocenters. The van der Waals surface area contributed by atoms with Crippen LogP contribution < -0.4 is 10.6 Å². The molecule has 3 nitrogen and oxygen atoms in total. The minimum atomic E-state index is -1.17. The number of rotatable bonds is 8. The summed E-state index contributed by atoms with van der Waals surface area (Å²) in [4.78, 5) is 0. The molecule has 3 N–H and O–H groups in total. The first-order valence-electron chi connectivity index (χ1n) is 6.04. The van der Waals surface area contributed by atoms with Gasteiger partial charge in [-0.2, -0.15) is 0 Å². The van der Waals surface area contributed by atoms with Crippen molar-refractivity contribution in [3.05, 3.63) is 29.8 Å². The van der Waals surface area contributed by atoms with Crippen LogP contribution in [0.15, 0.2) is 24.3 Å². The zero-order chi connectivity index (χ0) is 12.5. The Bertz CT molecular complexity index is 303. The summed E-state index contributed by atoms with van der Waals surface area (Å²) in [5.41, 5.74) is 2.39. The van der Waals surface area contributed by atoms with Crippen molar-refractivity contribution in [3.63, 3.8) is 0 Å². The lowest BCUT2D eigenvalue weighted by Crippen LogP contribution is -2.30. The van der Waals surface area contributed by atoms with E-state index in [1.54, 1.807) is 0 Å². The molecule has 0 aliphatic carbocycles. The van der Waals surface area contributed by atoms with Crippen molar-refractivity contribution in [2.24, 2.45) is 0 Å². The second-order valence-corrected chi connectivity index (χ2v) is 3.96. The fraction of sp³-hybridized carbons (Fsp3) is 0.538. The van der Waals surface area contributed by atoms with Crippen LogP contribution in [0.1, 0.15) is 12.5 Å². The minimum absolute atomic E-state index is 0.201. The Morgan fingerprint density at radius 1 is 1.24 bits per heavy atom. The number of alkyl halides is 1. The fourth-order valence-electron chi connectivity index (χ4n) is 1.48. The van der Waals surface area contributed by atoms with Crippen LogP contribution in [-0.4, -0.2) is 37.5 Å². The second kappa shape index (κ2) is 8.03. The second-order valence-electron chi connectivity index (χ2n) is 3.96. The topological polar surface area (TPSA) is 44.3 Å². The monoisotopic (exact) mass is 240 g/mol. The molecule has 4 heteroatoms. The lowest BCUT2D eigenvalue weighted by molar-refractivity contribution is 0.175. The van der Waals surface area contributed by atoms with Gasteiger partial charge in [0.15, 0.2) is 0 Å². The maximum atomic E-state index is 12.6. The van der Waals surface area contributed by atoms with Crippen LogP contribution in [0.25, 0.3) is 0 Å². The van der Waals surface area contributed by atoms with Crippen molar-refractivity contribution in [1.29, 1.82) is 0 Å². The van der Waals surface area contributed by atoms with E-state index in [2.05, 4.69) is 29.7 Å². The molecule has 0 aliphatic rings. The van der Waals surface area contributed by atoms with Gasteiger partial charge in [0.2, 0.25) is 0 Å². The van der Waals surface area contributed by atoms with Gasteiger partial charge < -0.3 is 15.7 Å².